The van der Waals surface area contributed by atoms with Gasteiger partial charge in [-0.05, 0) is 30.2 Å². The van der Waals surface area contributed by atoms with E-state index in [0.29, 0.717) is 11.6 Å². The Labute approximate surface area is 132 Å². The number of hydrogen-bond donors (Lipinski definition) is 0. The van der Waals surface area contributed by atoms with Crippen LogP contribution in [0.2, 0.25) is 0 Å². The first-order valence-corrected chi connectivity index (χ1v) is 8.04. The monoisotopic (exact) mass is 316 g/mol. The van der Waals surface area contributed by atoms with Crippen molar-refractivity contribution in [2.24, 2.45) is 10.9 Å². The van der Waals surface area contributed by atoms with Gasteiger partial charge in [0.05, 0.1) is 12.0 Å². The van der Waals surface area contributed by atoms with Gasteiger partial charge in [0, 0.05) is 11.9 Å². The van der Waals surface area contributed by atoms with Crippen LogP contribution < -0.4 is 4.80 Å². The maximum atomic E-state index is 13.8. The molecule has 0 amide bonds. The SMILES string of the molecule is CC(C)Cn1c(-c2ccco2)csc1=Nc1ccccc1F. The van der Waals surface area contributed by atoms with Crippen LogP contribution in [0.1, 0.15) is 13.8 Å². The Morgan fingerprint density at radius 2 is 2.05 bits per heavy atom. The van der Waals surface area contributed by atoms with Gasteiger partial charge in [0.1, 0.15) is 11.5 Å². The van der Waals surface area contributed by atoms with Crippen LogP contribution in [0.5, 0.6) is 0 Å². The van der Waals surface area contributed by atoms with E-state index in [1.165, 1.54) is 17.4 Å². The molecule has 22 heavy (non-hydrogen) atoms. The van der Waals surface area contributed by atoms with Gasteiger partial charge in [-0.3, -0.25) is 0 Å². The predicted octanol–water partition coefficient (Wildman–Crippen LogP) is 4.84. The normalized spacial score (nSPS) is 12.3. The summed E-state index contributed by atoms with van der Waals surface area (Å²) in [6, 6.07) is 10.3. The zero-order valence-electron chi connectivity index (χ0n) is 12.5. The zero-order chi connectivity index (χ0) is 15.5. The molecule has 0 N–H and O–H groups in total. The lowest BCUT2D eigenvalue weighted by atomic mass is 10.2. The number of furan rings is 1. The molecule has 3 aromatic rings. The van der Waals surface area contributed by atoms with E-state index in [1.54, 1.807) is 24.5 Å². The topological polar surface area (TPSA) is 30.4 Å². The number of aromatic nitrogens is 1. The van der Waals surface area contributed by atoms with E-state index >= 15 is 0 Å². The second-order valence-corrected chi connectivity index (χ2v) is 6.29. The summed E-state index contributed by atoms with van der Waals surface area (Å²) in [4.78, 5) is 5.26. The number of thiazole rings is 1. The summed E-state index contributed by atoms with van der Waals surface area (Å²) in [6.45, 7) is 5.08. The van der Waals surface area contributed by atoms with Crippen molar-refractivity contribution in [3.05, 3.63) is 58.7 Å². The van der Waals surface area contributed by atoms with Gasteiger partial charge in [-0.2, -0.15) is 0 Å². The lowest BCUT2D eigenvalue weighted by Gasteiger charge is -2.10. The fourth-order valence-electron chi connectivity index (χ4n) is 2.23. The number of para-hydroxylation sites is 1. The molecular formula is C17H17FN2OS. The highest BCUT2D eigenvalue weighted by atomic mass is 32.1. The highest BCUT2D eigenvalue weighted by Gasteiger charge is 2.12. The fraction of sp³-hybridized carbons (Fsp3) is 0.235. The molecule has 0 spiro atoms. The Morgan fingerprint density at radius 1 is 1.23 bits per heavy atom. The highest BCUT2D eigenvalue weighted by molar-refractivity contribution is 7.07. The summed E-state index contributed by atoms with van der Waals surface area (Å²) in [5, 5.41) is 2.00. The number of rotatable bonds is 4. The summed E-state index contributed by atoms with van der Waals surface area (Å²) < 4.78 is 21.4. The molecule has 0 bridgehead atoms. The molecule has 0 saturated carbocycles. The van der Waals surface area contributed by atoms with Gasteiger partial charge in [0.2, 0.25) is 0 Å². The van der Waals surface area contributed by atoms with Crippen LogP contribution in [0.25, 0.3) is 11.5 Å². The van der Waals surface area contributed by atoms with Crippen LogP contribution in [0, 0.1) is 11.7 Å². The van der Waals surface area contributed by atoms with Crippen molar-refractivity contribution < 1.29 is 8.81 Å². The number of halogens is 1. The summed E-state index contributed by atoms with van der Waals surface area (Å²) in [7, 11) is 0. The lowest BCUT2D eigenvalue weighted by Crippen LogP contribution is -2.18. The van der Waals surface area contributed by atoms with E-state index in [2.05, 4.69) is 23.4 Å². The van der Waals surface area contributed by atoms with Gasteiger partial charge < -0.3 is 8.98 Å². The predicted molar refractivity (Wildman–Crippen MR) is 86.5 cm³/mol. The molecule has 114 valence electrons. The van der Waals surface area contributed by atoms with E-state index in [1.807, 2.05) is 17.5 Å². The molecule has 3 nitrogen and oxygen atoms in total. The molecular weight excluding hydrogens is 299 g/mol. The lowest BCUT2D eigenvalue weighted by molar-refractivity contribution is 0.507. The maximum Gasteiger partial charge on any atom is 0.190 e. The van der Waals surface area contributed by atoms with E-state index < -0.39 is 0 Å². The van der Waals surface area contributed by atoms with Crippen LogP contribution in [-0.4, -0.2) is 4.57 Å². The molecule has 0 fully saturated rings. The standard InChI is InChI=1S/C17H17FN2OS/c1-12(2)10-20-15(16-8-5-9-21-16)11-22-17(20)19-14-7-4-3-6-13(14)18/h3-9,11-12H,10H2,1-2H3. The van der Waals surface area contributed by atoms with Gasteiger partial charge in [-0.25, -0.2) is 9.38 Å². The molecule has 2 heterocycles. The molecule has 3 rings (SSSR count). The molecule has 0 atom stereocenters. The van der Waals surface area contributed by atoms with E-state index in [4.69, 9.17) is 4.42 Å². The zero-order valence-corrected chi connectivity index (χ0v) is 13.3. The number of nitrogens with zero attached hydrogens (tertiary/aromatic N) is 2. The largest absolute Gasteiger partial charge is 0.463 e. The van der Waals surface area contributed by atoms with Crippen molar-refractivity contribution in [1.82, 2.24) is 4.57 Å². The molecule has 0 aliphatic heterocycles. The van der Waals surface area contributed by atoms with Crippen molar-refractivity contribution >= 4 is 17.0 Å². The van der Waals surface area contributed by atoms with Crippen LogP contribution in [0.3, 0.4) is 0 Å². The third kappa shape index (κ3) is 3.04. The van der Waals surface area contributed by atoms with Crippen LogP contribution in [-0.2, 0) is 6.54 Å². The van der Waals surface area contributed by atoms with Crippen molar-refractivity contribution in [3.63, 3.8) is 0 Å². The van der Waals surface area contributed by atoms with Crippen molar-refractivity contribution in [2.75, 3.05) is 0 Å². The molecule has 0 saturated heterocycles. The fourth-order valence-corrected chi connectivity index (χ4v) is 3.14. The second kappa shape index (κ2) is 6.32. The number of benzene rings is 1. The Balaban J connectivity index is 2.14. The van der Waals surface area contributed by atoms with Gasteiger partial charge in [0.25, 0.3) is 0 Å². The molecule has 5 heteroatoms. The van der Waals surface area contributed by atoms with Gasteiger partial charge in [0.15, 0.2) is 10.6 Å². The smallest absolute Gasteiger partial charge is 0.190 e. The Morgan fingerprint density at radius 3 is 2.73 bits per heavy atom. The van der Waals surface area contributed by atoms with Crippen molar-refractivity contribution in [2.45, 2.75) is 20.4 Å². The minimum atomic E-state index is -0.313. The molecule has 0 unspecified atom stereocenters. The quantitative estimate of drug-likeness (QED) is 0.677. The third-order valence-electron chi connectivity index (χ3n) is 3.19. The minimum absolute atomic E-state index is 0.313. The number of hydrogen-bond acceptors (Lipinski definition) is 3. The van der Waals surface area contributed by atoms with E-state index in [0.717, 1.165) is 22.8 Å². The minimum Gasteiger partial charge on any atom is -0.463 e. The summed E-state index contributed by atoms with van der Waals surface area (Å²) >= 11 is 1.49. The average molecular weight is 316 g/mol. The molecule has 2 aromatic heterocycles. The van der Waals surface area contributed by atoms with E-state index in [9.17, 15) is 4.39 Å². The molecule has 1 aromatic carbocycles. The molecule has 0 aliphatic rings. The Bertz CT molecular complexity index is 815. The molecule has 0 aliphatic carbocycles. The van der Waals surface area contributed by atoms with Crippen molar-refractivity contribution in [1.29, 1.82) is 0 Å². The van der Waals surface area contributed by atoms with Crippen LogP contribution in [0.4, 0.5) is 10.1 Å². The highest BCUT2D eigenvalue weighted by Crippen LogP contribution is 2.22. The molecule has 0 radical (unpaired) electrons. The summed E-state index contributed by atoms with van der Waals surface area (Å²) in [5.74, 6) is 0.932. The summed E-state index contributed by atoms with van der Waals surface area (Å²) in [6.07, 6.45) is 1.65. The van der Waals surface area contributed by atoms with Crippen molar-refractivity contribution in [3.8, 4) is 11.5 Å². The Hall–Kier alpha value is -2.14. The first kappa shape index (κ1) is 14.8. The first-order chi connectivity index (χ1) is 10.6. The third-order valence-corrected chi connectivity index (χ3v) is 4.05. The summed E-state index contributed by atoms with van der Waals surface area (Å²) in [5.41, 5.74) is 1.33. The first-order valence-electron chi connectivity index (χ1n) is 7.16. The van der Waals surface area contributed by atoms with Crippen LogP contribution >= 0.6 is 11.3 Å². The maximum absolute atomic E-state index is 13.8. The van der Waals surface area contributed by atoms with Gasteiger partial charge >= 0.3 is 0 Å². The van der Waals surface area contributed by atoms with Gasteiger partial charge in [-0.15, -0.1) is 11.3 Å². The Kier molecular flexibility index (Phi) is 4.24. The second-order valence-electron chi connectivity index (χ2n) is 5.45. The van der Waals surface area contributed by atoms with Crippen LogP contribution in [0.15, 0.2) is 57.5 Å². The van der Waals surface area contributed by atoms with Gasteiger partial charge in [-0.1, -0.05) is 26.0 Å². The average Bonchev–Trinajstić information content (AvgIpc) is 3.11. The van der Waals surface area contributed by atoms with E-state index in [-0.39, 0.29) is 5.82 Å².